The summed E-state index contributed by atoms with van der Waals surface area (Å²) in [5.74, 6) is -0.960. The van der Waals surface area contributed by atoms with E-state index in [9.17, 15) is 9.18 Å². The first-order valence-corrected chi connectivity index (χ1v) is 5.54. The van der Waals surface area contributed by atoms with Crippen molar-refractivity contribution < 1.29 is 9.18 Å². The lowest BCUT2D eigenvalue weighted by atomic mass is 10.1. The lowest BCUT2D eigenvalue weighted by molar-refractivity contribution is 0.0947. The minimum absolute atomic E-state index is 0.0430. The van der Waals surface area contributed by atoms with Gasteiger partial charge in [-0.1, -0.05) is 24.3 Å². The van der Waals surface area contributed by atoms with Crippen LogP contribution in [0.25, 0.3) is 0 Å². The Morgan fingerprint density at radius 3 is 2.67 bits per heavy atom. The molecule has 2 aromatic carbocycles. The Morgan fingerprint density at radius 2 is 1.94 bits per heavy atom. The van der Waals surface area contributed by atoms with Crippen LogP contribution in [-0.4, -0.2) is 5.91 Å². The maximum Gasteiger partial charge on any atom is 0.254 e. The van der Waals surface area contributed by atoms with Gasteiger partial charge in [-0.25, -0.2) is 4.39 Å². The van der Waals surface area contributed by atoms with Crippen LogP contribution in [0.2, 0.25) is 0 Å². The molecule has 1 amide bonds. The van der Waals surface area contributed by atoms with Crippen LogP contribution >= 0.6 is 0 Å². The quantitative estimate of drug-likeness (QED) is 0.814. The number of hydrogen-bond donors (Lipinski definition) is 2. The highest BCUT2D eigenvalue weighted by Crippen LogP contribution is 2.08. The minimum atomic E-state index is -0.525. The van der Waals surface area contributed by atoms with Gasteiger partial charge in [0.1, 0.15) is 5.82 Å². The number of carbonyl (C=O) groups excluding carboxylic acids is 1. The molecular weight excluding hydrogens is 231 g/mol. The molecule has 2 aromatic rings. The number of hydrogen-bond acceptors (Lipinski definition) is 2. The predicted molar refractivity (Wildman–Crippen MR) is 68.4 cm³/mol. The van der Waals surface area contributed by atoms with Gasteiger partial charge in [0.25, 0.3) is 5.91 Å². The molecule has 0 fully saturated rings. The van der Waals surface area contributed by atoms with Gasteiger partial charge in [0.15, 0.2) is 0 Å². The average Bonchev–Trinajstić information content (AvgIpc) is 2.37. The molecular formula is C14H13FN2O. The third-order valence-corrected chi connectivity index (χ3v) is 2.52. The van der Waals surface area contributed by atoms with Crippen molar-refractivity contribution in [1.82, 2.24) is 5.32 Å². The topological polar surface area (TPSA) is 55.1 Å². The Hall–Kier alpha value is -2.36. The maximum atomic E-state index is 13.3. The monoisotopic (exact) mass is 244 g/mol. The Morgan fingerprint density at radius 1 is 1.17 bits per heavy atom. The molecule has 3 N–H and O–H groups in total. The summed E-state index contributed by atoms with van der Waals surface area (Å²) in [6.07, 6.45) is 0. The zero-order valence-electron chi connectivity index (χ0n) is 9.69. The van der Waals surface area contributed by atoms with E-state index >= 15 is 0 Å². The number of rotatable bonds is 3. The van der Waals surface area contributed by atoms with Gasteiger partial charge in [0.05, 0.1) is 5.56 Å². The second-order valence-electron chi connectivity index (χ2n) is 3.91. The third-order valence-electron chi connectivity index (χ3n) is 2.52. The number of benzene rings is 2. The number of nitrogens with one attached hydrogen (secondary N) is 1. The van der Waals surface area contributed by atoms with E-state index in [0.717, 1.165) is 5.56 Å². The van der Waals surface area contributed by atoms with Crippen LogP contribution in [0.5, 0.6) is 0 Å². The van der Waals surface area contributed by atoms with Crippen molar-refractivity contribution in [3.63, 3.8) is 0 Å². The molecule has 18 heavy (non-hydrogen) atoms. The SMILES string of the molecule is Nc1cccc(CNC(=O)c2ccccc2F)c1. The summed E-state index contributed by atoms with van der Waals surface area (Å²) in [6, 6.07) is 13.1. The van der Waals surface area contributed by atoms with Gasteiger partial charge in [0, 0.05) is 12.2 Å². The van der Waals surface area contributed by atoms with Crippen molar-refractivity contribution in [2.75, 3.05) is 5.73 Å². The molecule has 0 heterocycles. The van der Waals surface area contributed by atoms with Crippen LogP contribution in [0, 0.1) is 5.82 Å². The lowest BCUT2D eigenvalue weighted by Crippen LogP contribution is -2.23. The first-order chi connectivity index (χ1) is 8.66. The molecule has 2 rings (SSSR count). The normalized spacial score (nSPS) is 10.1. The second-order valence-corrected chi connectivity index (χ2v) is 3.91. The fraction of sp³-hybridized carbons (Fsp3) is 0.0714. The fourth-order valence-electron chi connectivity index (χ4n) is 1.63. The zero-order chi connectivity index (χ0) is 13.0. The van der Waals surface area contributed by atoms with Gasteiger partial charge < -0.3 is 11.1 Å². The van der Waals surface area contributed by atoms with Crippen molar-refractivity contribution in [2.24, 2.45) is 0 Å². The van der Waals surface area contributed by atoms with E-state index < -0.39 is 11.7 Å². The van der Waals surface area contributed by atoms with Crippen LogP contribution in [0.3, 0.4) is 0 Å². The van der Waals surface area contributed by atoms with E-state index in [1.807, 2.05) is 6.07 Å². The molecule has 4 heteroatoms. The van der Waals surface area contributed by atoms with Crippen molar-refractivity contribution in [3.05, 3.63) is 65.5 Å². The smallest absolute Gasteiger partial charge is 0.254 e. The summed E-state index contributed by atoms with van der Waals surface area (Å²) in [5.41, 5.74) is 7.18. The Bertz CT molecular complexity index is 569. The van der Waals surface area contributed by atoms with E-state index in [-0.39, 0.29) is 5.56 Å². The van der Waals surface area contributed by atoms with E-state index in [1.165, 1.54) is 12.1 Å². The molecule has 0 unspecified atom stereocenters. The van der Waals surface area contributed by atoms with Crippen molar-refractivity contribution in [3.8, 4) is 0 Å². The van der Waals surface area contributed by atoms with Gasteiger partial charge in [-0.2, -0.15) is 0 Å². The van der Waals surface area contributed by atoms with Crippen LogP contribution in [0.15, 0.2) is 48.5 Å². The molecule has 0 bridgehead atoms. The summed E-state index contributed by atoms with van der Waals surface area (Å²) >= 11 is 0. The van der Waals surface area contributed by atoms with Crippen LogP contribution in [-0.2, 0) is 6.54 Å². The number of anilines is 1. The number of nitrogens with two attached hydrogens (primary N) is 1. The van der Waals surface area contributed by atoms with Gasteiger partial charge in [0.2, 0.25) is 0 Å². The fourth-order valence-corrected chi connectivity index (χ4v) is 1.63. The van der Waals surface area contributed by atoms with Crippen molar-refractivity contribution in [1.29, 1.82) is 0 Å². The first-order valence-electron chi connectivity index (χ1n) is 5.54. The average molecular weight is 244 g/mol. The lowest BCUT2D eigenvalue weighted by Gasteiger charge is -2.06. The Balaban J connectivity index is 2.03. The van der Waals surface area contributed by atoms with Crippen LogP contribution in [0.4, 0.5) is 10.1 Å². The van der Waals surface area contributed by atoms with Crippen molar-refractivity contribution >= 4 is 11.6 Å². The summed E-state index contributed by atoms with van der Waals surface area (Å²) in [6.45, 7) is 0.318. The van der Waals surface area contributed by atoms with E-state index in [1.54, 1.807) is 30.3 Å². The molecule has 0 aliphatic heterocycles. The Labute approximate surface area is 104 Å². The molecule has 0 atom stereocenters. The standard InChI is InChI=1S/C14H13FN2O/c15-13-7-2-1-6-12(13)14(18)17-9-10-4-3-5-11(16)8-10/h1-8H,9,16H2,(H,17,18). The molecule has 0 aliphatic rings. The van der Waals surface area contributed by atoms with Crippen LogP contribution < -0.4 is 11.1 Å². The number of carbonyl (C=O) groups is 1. The Kier molecular flexibility index (Phi) is 3.57. The molecule has 0 saturated heterocycles. The maximum absolute atomic E-state index is 13.3. The third kappa shape index (κ3) is 2.85. The molecule has 92 valence electrons. The molecule has 0 spiro atoms. The molecule has 3 nitrogen and oxygen atoms in total. The molecule has 0 aliphatic carbocycles. The summed E-state index contributed by atoms with van der Waals surface area (Å²) in [5, 5.41) is 2.65. The molecule has 0 radical (unpaired) electrons. The highest BCUT2D eigenvalue weighted by atomic mass is 19.1. The van der Waals surface area contributed by atoms with E-state index in [2.05, 4.69) is 5.32 Å². The number of nitrogen functional groups attached to an aromatic ring is 1. The van der Waals surface area contributed by atoms with Crippen LogP contribution in [0.1, 0.15) is 15.9 Å². The summed E-state index contributed by atoms with van der Waals surface area (Å²) in [7, 11) is 0. The number of halogens is 1. The largest absolute Gasteiger partial charge is 0.399 e. The predicted octanol–water partition coefficient (Wildman–Crippen LogP) is 2.34. The van der Waals surface area contributed by atoms with Gasteiger partial charge in [-0.3, -0.25) is 4.79 Å². The van der Waals surface area contributed by atoms with Gasteiger partial charge in [-0.05, 0) is 29.8 Å². The number of amides is 1. The highest BCUT2D eigenvalue weighted by Gasteiger charge is 2.09. The molecule has 0 aromatic heterocycles. The first kappa shape index (κ1) is 12.1. The van der Waals surface area contributed by atoms with Crippen molar-refractivity contribution in [2.45, 2.75) is 6.54 Å². The summed E-state index contributed by atoms with van der Waals surface area (Å²) < 4.78 is 13.3. The second kappa shape index (κ2) is 5.31. The van der Waals surface area contributed by atoms with Gasteiger partial charge in [-0.15, -0.1) is 0 Å². The minimum Gasteiger partial charge on any atom is -0.399 e. The zero-order valence-corrected chi connectivity index (χ0v) is 9.69. The highest BCUT2D eigenvalue weighted by molar-refractivity contribution is 5.94. The van der Waals surface area contributed by atoms with Gasteiger partial charge >= 0.3 is 0 Å². The van der Waals surface area contributed by atoms with E-state index in [4.69, 9.17) is 5.73 Å². The van der Waals surface area contributed by atoms with E-state index in [0.29, 0.717) is 12.2 Å². The summed E-state index contributed by atoms with van der Waals surface area (Å²) in [4.78, 5) is 11.7. The molecule has 0 saturated carbocycles.